The van der Waals surface area contributed by atoms with Crippen molar-refractivity contribution < 1.29 is 4.79 Å². The fraction of sp³-hybridized carbons (Fsp3) is 0.143. The largest absolute Gasteiger partial charge is 0.383 e. The fourth-order valence-corrected chi connectivity index (χ4v) is 2.66. The monoisotopic (exact) mass is 365 g/mol. The number of anilines is 2. The molecular weight excluding hydrogens is 346 g/mol. The molecule has 0 unspecified atom stereocenters. The number of rotatable bonds is 6. The Bertz CT molecular complexity index is 877. The molecule has 0 atom stereocenters. The second-order valence-electron chi connectivity index (χ2n) is 6.00. The van der Waals surface area contributed by atoms with E-state index in [1.807, 2.05) is 61.5 Å². The van der Waals surface area contributed by atoms with Crippen LogP contribution in [0.5, 0.6) is 0 Å². The van der Waals surface area contributed by atoms with Crippen LogP contribution in [0.25, 0.3) is 0 Å². The van der Waals surface area contributed by atoms with E-state index in [0.717, 1.165) is 34.9 Å². The lowest BCUT2D eigenvalue weighted by Crippen LogP contribution is -2.14. The van der Waals surface area contributed by atoms with Gasteiger partial charge in [-0.1, -0.05) is 41.9 Å². The SMILES string of the molecule is Cc1ccccc1NC(=O)c1ccc(NCCc2ccc(Cl)cc2)cn1. The van der Waals surface area contributed by atoms with E-state index in [1.165, 1.54) is 5.56 Å². The molecule has 1 heterocycles. The Morgan fingerprint density at radius 1 is 1.04 bits per heavy atom. The molecule has 2 N–H and O–H groups in total. The molecule has 3 aromatic rings. The normalized spacial score (nSPS) is 10.4. The van der Waals surface area contributed by atoms with Crippen molar-refractivity contribution in [2.45, 2.75) is 13.3 Å². The van der Waals surface area contributed by atoms with Gasteiger partial charge in [0.2, 0.25) is 0 Å². The van der Waals surface area contributed by atoms with Gasteiger partial charge in [0.1, 0.15) is 5.69 Å². The minimum Gasteiger partial charge on any atom is -0.383 e. The number of nitrogens with one attached hydrogen (secondary N) is 2. The maximum Gasteiger partial charge on any atom is 0.274 e. The lowest BCUT2D eigenvalue weighted by molar-refractivity contribution is 0.102. The summed E-state index contributed by atoms with van der Waals surface area (Å²) >= 11 is 5.89. The van der Waals surface area contributed by atoms with Crippen molar-refractivity contribution in [3.8, 4) is 0 Å². The molecule has 3 rings (SSSR count). The minimum atomic E-state index is -0.216. The van der Waals surface area contributed by atoms with Crippen LogP contribution in [0.2, 0.25) is 5.02 Å². The molecule has 0 saturated carbocycles. The van der Waals surface area contributed by atoms with Gasteiger partial charge in [-0.3, -0.25) is 4.79 Å². The Labute approximate surface area is 158 Å². The zero-order valence-corrected chi connectivity index (χ0v) is 15.3. The van der Waals surface area contributed by atoms with Gasteiger partial charge >= 0.3 is 0 Å². The van der Waals surface area contributed by atoms with Crippen LogP contribution in [-0.2, 0) is 6.42 Å². The van der Waals surface area contributed by atoms with Gasteiger partial charge in [-0.05, 0) is 54.8 Å². The van der Waals surface area contributed by atoms with Gasteiger partial charge in [0.15, 0.2) is 0 Å². The van der Waals surface area contributed by atoms with Crippen LogP contribution in [0, 0.1) is 6.92 Å². The lowest BCUT2D eigenvalue weighted by Gasteiger charge is -2.09. The number of amides is 1. The van der Waals surface area contributed by atoms with E-state index in [4.69, 9.17) is 11.6 Å². The van der Waals surface area contributed by atoms with Crippen molar-refractivity contribution in [3.63, 3.8) is 0 Å². The first-order valence-electron chi connectivity index (χ1n) is 8.43. The molecule has 1 aromatic heterocycles. The van der Waals surface area contributed by atoms with Crippen LogP contribution in [0.3, 0.4) is 0 Å². The molecule has 5 heteroatoms. The van der Waals surface area contributed by atoms with Gasteiger partial charge < -0.3 is 10.6 Å². The molecule has 1 amide bonds. The summed E-state index contributed by atoms with van der Waals surface area (Å²) in [6.45, 7) is 2.73. The number of carbonyl (C=O) groups is 1. The van der Waals surface area contributed by atoms with Gasteiger partial charge in [0, 0.05) is 17.3 Å². The Hall–Kier alpha value is -2.85. The summed E-state index contributed by atoms with van der Waals surface area (Å²) < 4.78 is 0. The number of hydrogen-bond acceptors (Lipinski definition) is 3. The van der Waals surface area contributed by atoms with Crippen molar-refractivity contribution in [3.05, 3.63) is 88.7 Å². The number of aromatic nitrogens is 1. The fourth-order valence-electron chi connectivity index (χ4n) is 2.53. The Balaban J connectivity index is 1.53. The molecule has 0 bridgehead atoms. The molecule has 0 radical (unpaired) electrons. The summed E-state index contributed by atoms with van der Waals surface area (Å²) in [5.74, 6) is -0.216. The van der Waals surface area contributed by atoms with Crippen LogP contribution in [0.4, 0.5) is 11.4 Å². The van der Waals surface area contributed by atoms with Crippen LogP contribution in [0.15, 0.2) is 66.9 Å². The summed E-state index contributed by atoms with van der Waals surface area (Å²) in [4.78, 5) is 16.5. The first-order valence-corrected chi connectivity index (χ1v) is 8.81. The summed E-state index contributed by atoms with van der Waals surface area (Å²) in [5.41, 5.74) is 4.29. The molecule has 0 aliphatic heterocycles. The molecule has 0 saturated heterocycles. The third-order valence-electron chi connectivity index (χ3n) is 4.05. The van der Waals surface area contributed by atoms with Crippen LogP contribution in [0.1, 0.15) is 21.6 Å². The van der Waals surface area contributed by atoms with Crippen molar-refractivity contribution in [2.24, 2.45) is 0 Å². The number of para-hydroxylation sites is 1. The Kier molecular flexibility index (Phi) is 5.87. The van der Waals surface area contributed by atoms with Gasteiger partial charge in [0.25, 0.3) is 5.91 Å². The predicted molar refractivity (Wildman–Crippen MR) is 107 cm³/mol. The van der Waals surface area contributed by atoms with E-state index in [0.29, 0.717) is 5.69 Å². The van der Waals surface area contributed by atoms with Crippen molar-refractivity contribution >= 4 is 28.9 Å². The zero-order chi connectivity index (χ0) is 18.4. The highest BCUT2D eigenvalue weighted by molar-refractivity contribution is 6.30. The minimum absolute atomic E-state index is 0.216. The van der Waals surface area contributed by atoms with Crippen molar-refractivity contribution in [1.29, 1.82) is 0 Å². The van der Waals surface area contributed by atoms with Gasteiger partial charge in [-0.2, -0.15) is 0 Å². The Morgan fingerprint density at radius 3 is 2.50 bits per heavy atom. The molecule has 26 heavy (non-hydrogen) atoms. The molecule has 132 valence electrons. The van der Waals surface area contributed by atoms with Gasteiger partial charge in [-0.15, -0.1) is 0 Å². The van der Waals surface area contributed by atoms with E-state index in [9.17, 15) is 4.79 Å². The number of pyridine rings is 1. The highest BCUT2D eigenvalue weighted by Crippen LogP contribution is 2.15. The number of hydrogen-bond donors (Lipinski definition) is 2. The standard InChI is InChI=1S/C21H20ClN3O/c1-15-4-2-3-5-19(15)25-21(26)20-11-10-18(14-24-20)23-13-12-16-6-8-17(22)9-7-16/h2-11,14,23H,12-13H2,1H3,(H,25,26). The van der Waals surface area contributed by atoms with E-state index >= 15 is 0 Å². The molecule has 0 aliphatic carbocycles. The van der Waals surface area contributed by atoms with Crippen molar-refractivity contribution in [1.82, 2.24) is 4.98 Å². The van der Waals surface area contributed by atoms with E-state index in [1.54, 1.807) is 12.3 Å². The summed E-state index contributed by atoms with van der Waals surface area (Å²) in [5, 5.41) is 6.93. The summed E-state index contributed by atoms with van der Waals surface area (Å²) in [7, 11) is 0. The van der Waals surface area contributed by atoms with Gasteiger partial charge in [-0.25, -0.2) is 4.98 Å². The molecule has 4 nitrogen and oxygen atoms in total. The third-order valence-corrected chi connectivity index (χ3v) is 4.30. The number of benzene rings is 2. The Morgan fingerprint density at radius 2 is 1.81 bits per heavy atom. The van der Waals surface area contributed by atoms with Crippen LogP contribution >= 0.6 is 11.6 Å². The average molecular weight is 366 g/mol. The topological polar surface area (TPSA) is 54.0 Å². The maximum absolute atomic E-state index is 12.3. The van der Waals surface area contributed by atoms with E-state index in [-0.39, 0.29) is 5.91 Å². The molecule has 2 aromatic carbocycles. The van der Waals surface area contributed by atoms with E-state index in [2.05, 4.69) is 15.6 Å². The third kappa shape index (κ3) is 4.83. The first-order chi connectivity index (χ1) is 12.6. The summed E-state index contributed by atoms with van der Waals surface area (Å²) in [6, 6.07) is 19.1. The van der Waals surface area contributed by atoms with Crippen LogP contribution < -0.4 is 10.6 Å². The number of halogens is 1. The zero-order valence-electron chi connectivity index (χ0n) is 14.5. The average Bonchev–Trinajstić information content (AvgIpc) is 2.66. The number of aryl methyl sites for hydroxylation is 1. The summed E-state index contributed by atoms with van der Waals surface area (Å²) in [6.07, 6.45) is 2.56. The maximum atomic E-state index is 12.3. The highest BCUT2D eigenvalue weighted by Gasteiger charge is 2.08. The van der Waals surface area contributed by atoms with Crippen molar-refractivity contribution in [2.75, 3.05) is 17.2 Å². The van der Waals surface area contributed by atoms with Crippen LogP contribution in [-0.4, -0.2) is 17.4 Å². The smallest absolute Gasteiger partial charge is 0.274 e. The predicted octanol–water partition coefficient (Wildman–Crippen LogP) is 4.95. The second kappa shape index (κ2) is 8.50. The second-order valence-corrected chi connectivity index (χ2v) is 6.44. The van der Waals surface area contributed by atoms with Gasteiger partial charge in [0.05, 0.1) is 11.9 Å². The molecule has 0 aliphatic rings. The molecular formula is C21H20ClN3O. The number of carbonyl (C=O) groups excluding carboxylic acids is 1. The van der Waals surface area contributed by atoms with E-state index < -0.39 is 0 Å². The quantitative estimate of drug-likeness (QED) is 0.649. The number of nitrogens with zero attached hydrogens (tertiary/aromatic N) is 1. The molecule has 0 fully saturated rings. The highest BCUT2D eigenvalue weighted by atomic mass is 35.5. The lowest BCUT2D eigenvalue weighted by atomic mass is 10.1. The first kappa shape index (κ1) is 18.0. The molecule has 0 spiro atoms.